The van der Waals surface area contributed by atoms with Crippen molar-refractivity contribution in [2.75, 3.05) is 39.4 Å². The first-order valence-electron chi connectivity index (χ1n) is 6.88. The zero-order valence-electron chi connectivity index (χ0n) is 10.8. The van der Waals surface area contributed by atoms with Crippen LogP contribution < -0.4 is 5.32 Å². The molecule has 0 aliphatic carbocycles. The first-order valence-corrected chi connectivity index (χ1v) is 6.88. The van der Waals surface area contributed by atoms with Gasteiger partial charge in [-0.15, -0.1) is 0 Å². The average Bonchev–Trinajstić information content (AvgIpc) is 2.85. The third-order valence-electron chi connectivity index (χ3n) is 3.84. The molecule has 0 aromatic heterocycles. The number of carbonyl (C=O) groups is 1. The summed E-state index contributed by atoms with van der Waals surface area (Å²) in [5.41, 5.74) is 0. The molecule has 2 rings (SSSR count). The normalized spacial score (nSPS) is 26.4. The van der Waals surface area contributed by atoms with Crippen LogP contribution in [0.1, 0.15) is 26.2 Å². The van der Waals surface area contributed by atoms with Crippen molar-refractivity contribution in [3.63, 3.8) is 0 Å². The average molecular weight is 240 g/mol. The van der Waals surface area contributed by atoms with Crippen molar-refractivity contribution in [3.05, 3.63) is 0 Å². The van der Waals surface area contributed by atoms with Gasteiger partial charge in [-0.05, 0) is 39.3 Å². The monoisotopic (exact) mass is 240 g/mol. The van der Waals surface area contributed by atoms with Crippen LogP contribution in [0.3, 0.4) is 0 Å². The largest absolute Gasteiger partial charge is 0.381 e. The van der Waals surface area contributed by atoms with Crippen LogP contribution in [0.15, 0.2) is 0 Å². The number of likely N-dealkylation sites (tertiary alicyclic amines) is 1. The highest BCUT2D eigenvalue weighted by Gasteiger charge is 2.31. The fourth-order valence-electron chi connectivity index (χ4n) is 2.78. The Balaban J connectivity index is 1.76. The SMILES string of the molecule is CCOC[C@H]1CCN(C(=O)C2CCNCC2)C1. The van der Waals surface area contributed by atoms with Crippen LogP contribution in [-0.2, 0) is 9.53 Å². The number of hydrogen-bond donors (Lipinski definition) is 1. The van der Waals surface area contributed by atoms with Crippen LogP contribution in [0.4, 0.5) is 0 Å². The molecule has 1 amide bonds. The number of ether oxygens (including phenoxy) is 1. The van der Waals surface area contributed by atoms with E-state index in [9.17, 15) is 4.79 Å². The van der Waals surface area contributed by atoms with Crippen LogP contribution in [0.25, 0.3) is 0 Å². The molecule has 17 heavy (non-hydrogen) atoms. The molecule has 4 heteroatoms. The van der Waals surface area contributed by atoms with Crippen molar-refractivity contribution in [1.82, 2.24) is 10.2 Å². The molecule has 0 bridgehead atoms. The van der Waals surface area contributed by atoms with Gasteiger partial charge in [-0.25, -0.2) is 0 Å². The van der Waals surface area contributed by atoms with E-state index in [4.69, 9.17) is 4.74 Å². The predicted octanol–water partition coefficient (Wildman–Crippen LogP) is 0.871. The van der Waals surface area contributed by atoms with E-state index in [0.717, 1.165) is 58.7 Å². The molecule has 1 atom stereocenters. The summed E-state index contributed by atoms with van der Waals surface area (Å²) in [7, 11) is 0. The van der Waals surface area contributed by atoms with Crippen molar-refractivity contribution in [2.45, 2.75) is 26.2 Å². The summed E-state index contributed by atoms with van der Waals surface area (Å²) in [6, 6.07) is 0. The number of nitrogens with one attached hydrogen (secondary N) is 1. The zero-order valence-corrected chi connectivity index (χ0v) is 10.8. The lowest BCUT2D eigenvalue weighted by Gasteiger charge is -2.26. The van der Waals surface area contributed by atoms with Gasteiger partial charge in [0.1, 0.15) is 0 Å². The highest BCUT2D eigenvalue weighted by atomic mass is 16.5. The van der Waals surface area contributed by atoms with Gasteiger partial charge in [0.25, 0.3) is 0 Å². The quantitative estimate of drug-likeness (QED) is 0.793. The minimum absolute atomic E-state index is 0.266. The van der Waals surface area contributed by atoms with Crippen LogP contribution >= 0.6 is 0 Å². The van der Waals surface area contributed by atoms with Crippen molar-refractivity contribution in [2.24, 2.45) is 11.8 Å². The van der Waals surface area contributed by atoms with Gasteiger partial charge in [-0.1, -0.05) is 0 Å². The van der Waals surface area contributed by atoms with Gasteiger partial charge >= 0.3 is 0 Å². The number of amides is 1. The molecule has 0 spiro atoms. The highest BCUT2D eigenvalue weighted by molar-refractivity contribution is 5.79. The molecule has 2 saturated heterocycles. The fraction of sp³-hybridized carbons (Fsp3) is 0.923. The van der Waals surface area contributed by atoms with Gasteiger partial charge in [0.05, 0.1) is 6.61 Å². The Kier molecular flexibility index (Phi) is 4.80. The second-order valence-electron chi connectivity index (χ2n) is 5.12. The van der Waals surface area contributed by atoms with E-state index in [0.29, 0.717) is 11.8 Å². The van der Waals surface area contributed by atoms with Gasteiger partial charge in [0, 0.05) is 31.5 Å². The van der Waals surface area contributed by atoms with E-state index in [1.165, 1.54) is 0 Å². The molecule has 2 fully saturated rings. The Labute approximate surface area is 104 Å². The van der Waals surface area contributed by atoms with E-state index in [-0.39, 0.29) is 5.92 Å². The van der Waals surface area contributed by atoms with Gasteiger partial charge in [-0.3, -0.25) is 4.79 Å². The van der Waals surface area contributed by atoms with Crippen LogP contribution in [0.5, 0.6) is 0 Å². The van der Waals surface area contributed by atoms with Crippen molar-refractivity contribution >= 4 is 5.91 Å². The Morgan fingerprint density at radius 2 is 2.12 bits per heavy atom. The number of rotatable bonds is 4. The maximum Gasteiger partial charge on any atom is 0.225 e. The molecule has 0 aromatic rings. The lowest BCUT2D eigenvalue weighted by Crippen LogP contribution is -2.40. The van der Waals surface area contributed by atoms with E-state index in [1.54, 1.807) is 0 Å². The Morgan fingerprint density at radius 3 is 2.82 bits per heavy atom. The summed E-state index contributed by atoms with van der Waals surface area (Å²) < 4.78 is 5.44. The van der Waals surface area contributed by atoms with Crippen LogP contribution in [0.2, 0.25) is 0 Å². The van der Waals surface area contributed by atoms with Gasteiger partial charge < -0.3 is 15.0 Å². The summed E-state index contributed by atoms with van der Waals surface area (Å²) in [4.78, 5) is 14.3. The van der Waals surface area contributed by atoms with Crippen molar-refractivity contribution in [1.29, 1.82) is 0 Å². The van der Waals surface area contributed by atoms with Crippen molar-refractivity contribution < 1.29 is 9.53 Å². The zero-order chi connectivity index (χ0) is 12.1. The maximum absolute atomic E-state index is 12.3. The molecule has 0 radical (unpaired) electrons. The summed E-state index contributed by atoms with van der Waals surface area (Å²) >= 11 is 0. The van der Waals surface area contributed by atoms with Crippen molar-refractivity contribution in [3.8, 4) is 0 Å². The number of carbonyl (C=O) groups excluding carboxylic acids is 1. The maximum atomic E-state index is 12.3. The molecule has 2 aliphatic rings. The fourth-order valence-corrected chi connectivity index (χ4v) is 2.78. The van der Waals surface area contributed by atoms with E-state index < -0.39 is 0 Å². The number of nitrogens with zero attached hydrogens (tertiary/aromatic N) is 1. The van der Waals surface area contributed by atoms with Gasteiger partial charge in [-0.2, -0.15) is 0 Å². The second kappa shape index (κ2) is 6.36. The summed E-state index contributed by atoms with van der Waals surface area (Å²) in [6.45, 7) is 7.43. The van der Waals surface area contributed by atoms with E-state index in [1.807, 2.05) is 6.92 Å². The van der Waals surface area contributed by atoms with Crippen LogP contribution in [0, 0.1) is 11.8 Å². The third kappa shape index (κ3) is 3.42. The van der Waals surface area contributed by atoms with Gasteiger partial charge in [0.15, 0.2) is 0 Å². The lowest BCUT2D eigenvalue weighted by atomic mass is 9.97. The predicted molar refractivity (Wildman–Crippen MR) is 66.8 cm³/mol. The first-order chi connectivity index (χ1) is 8.31. The van der Waals surface area contributed by atoms with Crippen LogP contribution in [-0.4, -0.2) is 50.2 Å². The number of piperidine rings is 1. The Bertz CT molecular complexity index is 252. The number of hydrogen-bond acceptors (Lipinski definition) is 3. The first kappa shape index (κ1) is 12.8. The van der Waals surface area contributed by atoms with Gasteiger partial charge in [0.2, 0.25) is 5.91 Å². The lowest BCUT2D eigenvalue weighted by molar-refractivity contribution is -0.135. The molecule has 2 heterocycles. The summed E-state index contributed by atoms with van der Waals surface area (Å²) in [5.74, 6) is 1.20. The molecule has 98 valence electrons. The topological polar surface area (TPSA) is 41.6 Å². The molecule has 0 unspecified atom stereocenters. The Morgan fingerprint density at radius 1 is 1.35 bits per heavy atom. The molecule has 0 saturated carbocycles. The minimum atomic E-state index is 0.266. The molecular formula is C13H24N2O2. The molecule has 4 nitrogen and oxygen atoms in total. The standard InChI is InChI=1S/C13H24N2O2/c1-2-17-10-11-5-8-15(9-11)13(16)12-3-6-14-7-4-12/h11-12,14H,2-10H2,1H3/t11-/m0/s1. The van der Waals surface area contributed by atoms with E-state index in [2.05, 4.69) is 10.2 Å². The molecule has 1 N–H and O–H groups in total. The smallest absolute Gasteiger partial charge is 0.225 e. The summed E-state index contributed by atoms with van der Waals surface area (Å²) in [5, 5.41) is 3.31. The molecular weight excluding hydrogens is 216 g/mol. The van der Waals surface area contributed by atoms with E-state index >= 15 is 0 Å². The highest BCUT2D eigenvalue weighted by Crippen LogP contribution is 2.22. The minimum Gasteiger partial charge on any atom is -0.381 e. The third-order valence-corrected chi connectivity index (χ3v) is 3.84. The second-order valence-corrected chi connectivity index (χ2v) is 5.12. The molecule has 0 aromatic carbocycles. The Hall–Kier alpha value is -0.610. The molecule has 2 aliphatic heterocycles. The summed E-state index contributed by atoms with van der Waals surface area (Å²) in [6.07, 6.45) is 3.12.